The molecule has 1 amide bonds. The summed E-state index contributed by atoms with van der Waals surface area (Å²) in [6.45, 7) is 1.97. The standard InChI is InChI=1S/C13H11Br2NOS/c1-8(9-4-2-3-5-10(9)14)16-13(17)11-6-7-12(15)18-11/h2-8H,1H3,(H,16,17)/t8-/m1/s1. The van der Waals surface area contributed by atoms with Crippen molar-refractivity contribution in [3.8, 4) is 0 Å². The average molecular weight is 389 g/mol. The number of carbonyl (C=O) groups is 1. The predicted molar refractivity (Wildman–Crippen MR) is 82.0 cm³/mol. The molecule has 1 aromatic heterocycles. The largest absolute Gasteiger partial charge is 0.345 e. The summed E-state index contributed by atoms with van der Waals surface area (Å²) in [6.07, 6.45) is 0. The monoisotopic (exact) mass is 387 g/mol. The van der Waals surface area contributed by atoms with Crippen molar-refractivity contribution in [2.45, 2.75) is 13.0 Å². The molecule has 0 aliphatic heterocycles. The number of carbonyl (C=O) groups excluding carboxylic acids is 1. The molecule has 0 unspecified atom stereocenters. The topological polar surface area (TPSA) is 29.1 Å². The van der Waals surface area contributed by atoms with Crippen LogP contribution in [0.4, 0.5) is 0 Å². The van der Waals surface area contributed by atoms with E-state index in [1.54, 1.807) is 0 Å². The highest BCUT2D eigenvalue weighted by Gasteiger charge is 2.14. The molecule has 0 spiro atoms. The number of hydrogen-bond acceptors (Lipinski definition) is 2. The van der Waals surface area contributed by atoms with Gasteiger partial charge in [0.15, 0.2) is 0 Å². The molecule has 1 atom stereocenters. The maximum absolute atomic E-state index is 12.0. The van der Waals surface area contributed by atoms with Gasteiger partial charge in [0.1, 0.15) is 0 Å². The third-order valence-corrected chi connectivity index (χ3v) is 4.86. The highest BCUT2D eigenvalue weighted by molar-refractivity contribution is 9.11. The van der Waals surface area contributed by atoms with Crippen molar-refractivity contribution in [2.75, 3.05) is 0 Å². The molecule has 5 heteroatoms. The fraction of sp³-hybridized carbons (Fsp3) is 0.154. The molecule has 1 aromatic carbocycles. The summed E-state index contributed by atoms with van der Waals surface area (Å²) < 4.78 is 1.96. The molecule has 2 nitrogen and oxygen atoms in total. The Balaban J connectivity index is 2.10. The highest BCUT2D eigenvalue weighted by Crippen LogP contribution is 2.25. The normalized spacial score (nSPS) is 12.2. The van der Waals surface area contributed by atoms with Gasteiger partial charge >= 0.3 is 0 Å². The second-order valence-electron chi connectivity index (χ2n) is 3.82. The van der Waals surface area contributed by atoms with Gasteiger partial charge in [-0.1, -0.05) is 34.1 Å². The van der Waals surface area contributed by atoms with E-state index in [1.165, 1.54) is 11.3 Å². The van der Waals surface area contributed by atoms with Crippen molar-refractivity contribution in [3.63, 3.8) is 0 Å². The van der Waals surface area contributed by atoms with Crippen LogP contribution in [0.3, 0.4) is 0 Å². The first kappa shape index (κ1) is 13.8. The van der Waals surface area contributed by atoms with Gasteiger partial charge in [0.2, 0.25) is 0 Å². The van der Waals surface area contributed by atoms with E-state index < -0.39 is 0 Å². The van der Waals surface area contributed by atoms with Crippen LogP contribution in [0, 0.1) is 0 Å². The lowest BCUT2D eigenvalue weighted by Crippen LogP contribution is -2.26. The Morgan fingerprint density at radius 2 is 1.94 bits per heavy atom. The van der Waals surface area contributed by atoms with Gasteiger partial charge in [0.25, 0.3) is 5.91 Å². The van der Waals surface area contributed by atoms with Crippen LogP contribution in [-0.2, 0) is 0 Å². The van der Waals surface area contributed by atoms with Gasteiger partial charge in [0.05, 0.1) is 14.7 Å². The summed E-state index contributed by atoms with van der Waals surface area (Å²) in [7, 11) is 0. The summed E-state index contributed by atoms with van der Waals surface area (Å²) in [5.41, 5.74) is 1.07. The van der Waals surface area contributed by atoms with E-state index in [1.807, 2.05) is 43.3 Å². The molecule has 0 fully saturated rings. The number of thiophene rings is 1. The van der Waals surface area contributed by atoms with Gasteiger partial charge < -0.3 is 5.32 Å². The van der Waals surface area contributed by atoms with Gasteiger partial charge in [-0.05, 0) is 46.6 Å². The molecule has 1 N–H and O–H groups in total. The lowest BCUT2D eigenvalue weighted by atomic mass is 10.1. The van der Waals surface area contributed by atoms with Crippen LogP contribution < -0.4 is 5.32 Å². The second-order valence-corrected chi connectivity index (χ2v) is 7.14. The Kier molecular flexibility index (Phi) is 4.59. The number of hydrogen-bond donors (Lipinski definition) is 1. The molecule has 94 valence electrons. The maximum atomic E-state index is 12.0. The van der Waals surface area contributed by atoms with Crippen LogP contribution in [-0.4, -0.2) is 5.91 Å². The van der Waals surface area contributed by atoms with E-state index >= 15 is 0 Å². The quantitative estimate of drug-likeness (QED) is 0.806. The molecule has 0 bridgehead atoms. The number of amides is 1. The van der Waals surface area contributed by atoms with E-state index in [0.29, 0.717) is 4.88 Å². The molecule has 2 aromatic rings. The van der Waals surface area contributed by atoms with Gasteiger partial charge in [-0.15, -0.1) is 11.3 Å². The first-order valence-electron chi connectivity index (χ1n) is 5.38. The lowest BCUT2D eigenvalue weighted by molar-refractivity contribution is 0.0944. The van der Waals surface area contributed by atoms with Crippen molar-refractivity contribution < 1.29 is 4.79 Å². The summed E-state index contributed by atoms with van der Waals surface area (Å²) in [4.78, 5) is 12.7. The first-order valence-corrected chi connectivity index (χ1v) is 7.79. The maximum Gasteiger partial charge on any atom is 0.261 e. The van der Waals surface area contributed by atoms with Gasteiger partial charge in [-0.2, -0.15) is 0 Å². The Labute approximate surface area is 127 Å². The number of benzene rings is 1. The molecule has 1 heterocycles. The molecule has 18 heavy (non-hydrogen) atoms. The fourth-order valence-electron chi connectivity index (χ4n) is 1.61. The van der Waals surface area contributed by atoms with Crippen LogP contribution in [0.1, 0.15) is 28.2 Å². The number of halogens is 2. The zero-order valence-corrected chi connectivity index (χ0v) is 13.6. The zero-order chi connectivity index (χ0) is 13.1. The summed E-state index contributed by atoms with van der Waals surface area (Å²) in [5, 5.41) is 2.99. The van der Waals surface area contributed by atoms with E-state index in [2.05, 4.69) is 37.2 Å². The van der Waals surface area contributed by atoms with Crippen molar-refractivity contribution in [3.05, 3.63) is 55.1 Å². The fourth-order valence-corrected chi connectivity index (χ4v) is 3.53. The SMILES string of the molecule is C[C@@H](NC(=O)c1ccc(Br)s1)c1ccccc1Br. The third kappa shape index (κ3) is 3.22. The number of nitrogens with one attached hydrogen (secondary N) is 1. The minimum Gasteiger partial charge on any atom is -0.345 e. The van der Waals surface area contributed by atoms with E-state index in [4.69, 9.17) is 0 Å². The minimum absolute atomic E-state index is 0.0334. The Morgan fingerprint density at radius 3 is 2.56 bits per heavy atom. The van der Waals surface area contributed by atoms with E-state index in [0.717, 1.165) is 13.8 Å². The minimum atomic E-state index is -0.0473. The summed E-state index contributed by atoms with van der Waals surface area (Å²) in [5.74, 6) is -0.0473. The first-order chi connectivity index (χ1) is 8.58. The zero-order valence-electron chi connectivity index (χ0n) is 9.61. The lowest BCUT2D eigenvalue weighted by Gasteiger charge is -2.15. The van der Waals surface area contributed by atoms with Crippen LogP contribution in [0.2, 0.25) is 0 Å². The van der Waals surface area contributed by atoms with Crippen LogP contribution >= 0.6 is 43.2 Å². The van der Waals surface area contributed by atoms with E-state index in [-0.39, 0.29) is 11.9 Å². The molecule has 0 saturated heterocycles. The van der Waals surface area contributed by atoms with Gasteiger partial charge in [-0.3, -0.25) is 4.79 Å². The van der Waals surface area contributed by atoms with Crippen LogP contribution in [0.15, 0.2) is 44.7 Å². The third-order valence-electron chi connectivity index (χ3n) is 2.52. The van der Waals surface area contributed by atoms with E-state index in [9.17, 15) is 4.79 Å². The molecule has 0 radical (unpaired) electrons. The van der Waals surface area contributed by atoms with Crippen LogP contribution in [0.5, 0.6) is 0 Å². The van der Waals surface area contributed by atoms with Crippen LogP contribution in [0.25, 0.3) is 0 Å². The van der Waals surface area contributed by atoms with Crippen molar-refractivity contribution in [1.82, 2.24) is 5.32 Å². The average Bonchev–Trinajstić information content (AvgIpc) is 2.76. The van der Waals surface area contributed by atoms with Crippen molar-refractivity contribution >= 4 is 49.1 Å². The predicted octanol–water partition coefficient (Wildman–Crippen LogP) is 4.76. The van der Waals surface area contributed by atoms with Crippen molar-refractivity contribution in [1.29, 1.82) is 0 Å². The summed E-state index contributed by atoms with van der Waals surface area (Å²) >= 11 is 8.28. The molecule has 0 aliphatic rings. The second kappa shape index (κ2) is 5.99. The molecule has 0 aliphatic carbocycles. The smallest absolute Gasteiger partial charge is 0.261 e. The van der Waals surface area contributed by atoms with Gasteiger partial charge in [-0.25, -0.2) is 0 Å². The Bertz CT molecular complexity index is 568. The molecular formula is C13H11Br2NOS. The molecule has 0 saturated carbocycles. The van der Waals surface area contributed by atoms with Crippen molar-refractivity contribution in [2.24, 2.45) is 0 Å². The molecule has 2 rings (SSSR count). The molecular weight excluding hydrogens is 378 g/mol. The Hall–Kier alpha value is -0.650. The van der Waals surface area contributed by atoms with Gasteiger partial charge in [0, 0.05) is 4.47 Å². The Morgan fingerprint density at radius 1 is 1.22 bits per heavy atom. The number of rotatable bonds is 3. The highest BCUT2D eigenvalue weighted by atomic mass is 79.9. The summed E-state index contributed by atoms with van der Waals surface area (Å²) in [6, 6.07) is 11.6.